The molecule has 0 radical (unpaired) electrons. The van der Waals surface area contributed by atoms with E-state index < -0.39 is 31.3 Å². The Bertz CT molecular complexity index is 264. The van der Waals surface area contributed by atoms with Gasteiger partial charge in [0.05, 0.1) is 6.54 Å². The molecule has 1 unspecified atom stereocenters. The fraction of sp³-hybridized carbons (Fsp3) is 0.900. The average molecular weight is 255 g/mol. The Balaban J connectivity index is 2.59. The van der Waals surface area contributed by atoms with Crippen molar-refractivity contribution in [1.82, 2.24) is 4.90 Å². The Labute approximate surface area is 97.0 Å². The summed E-state index contributed by atoms with van der Waals surface area (Å²) < 4.78 is 36.6. The molecule has 0 spiro atoms. The van der Waals surface area contributed by atoms with E-state index in [0.717, 1.165) is 12.8 Å². The molecule has 0 aliphatic heterocycles. The number of hydrogen-bond donors (Lipinski definition) is 2. The molecule has 2 N–H and O–H groups in total. The second-order valence-electron chi connectivity index (χ2n) is 4.32. The second kappa shape index (κ2) is 5.68. The number of aliphatic hydroxyl groups is 1. The van der Waals surface area contributed by atoms with E-state index in [1.54, 1.807) is 0 Å². The monoisotopic (exact) mass is 255 g/mol. The van der Waals surface area contributed by atoms with E-state index in [4.69, 9.17) is 10.2 Å². The lowest BCUT2D eigenvalue weighted by Crippen LogP contribution is -2.46. The van der Waals surface area contributed by atoms with Gasteiger partial charge >= 0.3 is 12.1 Å². The van der Waals surface area contributed by atoms with Crippen molar-refractivity contribution in [3.8, 4) is 0 Å². The van der Waals surface area contributed by atoms with Gasteiger partial charge < -0.3 is 10.2 Å². The molecule has 1 rings (SSSR count). The third-order valence-electron chi connectivity index (χ3n) is 2.96. The molecule has 0 aromatic carbocycles. The average Bonchev–Trinajstić information content (AvgIpc) is 2.66. The van der Waals surface area contributed by atoms with E-state index in [-0.39, 0.29) is 6.04 Å². The van der Waals surface area contributed by atoms with Crippen molar-refractivity contribution in [2.24, 2.45) is 0 Å². The number of rotatable bonds is 5. The first-order valence-corrected chi connectivity index (χ1v) is 5.51. The van der Waals surface area contributed by atoms with Crippen molar-refractivity contribution in [1.29, 1.82) is 0 Å². The molecule has 1 atom stereocenters. The highest BCUT2D eigenvalue weighted by Crippen LogP contribution is 2.26. The van der Waals surface area contributed by atoms with Gasteiger partial charge in [0, 0.05) is 12.6 Å². The van der Waals surface area contributed by atoms with Gasteiger partial charge in [0.1, 0.15) is 0 Å². The minimum atomic E-state index is -4.70. The molecule has 0 amide bonds. The minimum absolute atomic E-state index is 0.164. The summed E-state index contributed by atoms with van der Waals surface area (Å²) in [4.78, 5) is 11.8. The first-order valence-electron chi connectivity index (χ1n) is 5.51. The van der Waals surface area contributed by atoms with Gasteiger partial charge in [-0.3, -0.25) is 9.69 Å². The van der Waals surface area contributed by atoms with Crippen LogP contribution in [0.1, 0.15) is 25.7 Å². The van der Waals surface area contributed by atoms with Crippen LogP contribution in [0.2, 0.25) is 0 Å². The number of aliphatic carboxylic acids is 1. The van der Waals surface area contributed by atoms with Crippen molar-refractivity contribution in [3.63, 3.8) is 0 Å². The summed E-state index contributed by atoms with van der Waals surface area (Å²) in [6, 6.07) is -0.164. The van der Waals surface area contributed by atoms with E-state index >= 15 is 0 Å². The maximum Gasteiger partial charge on any atom is 0.415 e. The van der Waals surface area contributed by atoms with Crippen LogP contribution in [0.25, 0.3) is 0 Å². The normalized spacial score (nSPS) is 19.8. The van der Waals surface area contributed by atoms with Crippen molar-refractivity contribution in [2.45, 2.75) is 44.0 Å². The maximum absolute atomic E-state index is 12.2. The highest BCUT2D eigenvalue weighted by Gasteiger charge is 2.40. The molecule has 0 bridgehead atoms. The van der Waals surface area contributed by atoms with E-state index in [9.17, 15) is 18.0 Å². The van der Waals surface area contributed by atoms with Crippen LogP contribution >= 0.6 is 0 Å². The quantitative estimate of drug-likeness (QED) is 0.776. The second-order valence-corrected chi connectivity index (χ2v) is 4.32. The van der Waals surface area contributed by atoms with E-state index in [1.165, 1.54) is 4.90 Å². The molecular weight excluding hydrogens is 239 g/mol. The third kappa shape index (κ3) is 4.51. The van der Waals surface area contributed by atoms with Gasteiger partial charge in [0.15, 0.2) is 6.10 Å². The summed E-state index contributed by atoms with van der Waals surface area (Å²) in [7, 11) is 0. The molecule has 0 aromatic rings. The van der Waals surface area contributed by atoms with Crippen molar-refractivity contribution in [3.05, 3.63) is 0 Å². The highest BCUT2D eigenvalue weighted by molar-refractivity contribution is 5.69. The van der Waals surface area contributed by atoms with Crippen LogP contribution in [0.4, 0.5) is 13.2 Å². The molecule has 1 saturated carbocycles. The van der Waals surface area contributed by atoms with Gasteiger partial charge in [-0.2, -0.15) is 13.2 Å². The number of alkyl halides is 3. The first-order chi connectivity index (χ1) is 7.80. The van der Waals surface area contributed by atoms with E-state index in [1.807, 2.05) is 0 Å². The lowest BCUT2D eigenvalue weighted by atomic mass is 10.2. The van der Waals surface area contributed by atoms with Crippen molar-refractivity contribution < 1.29 is 28.2 Å². The summed E-state index contributed by atoms with van der Waals surface area (Å²) in [5.74, 6) is -1.17. The zero-order valence-corrected chi connectivity index (χ0v) is 9.28. The fourth-order valence-corrected chi connectivity index (χ4v) is 2.11. The SMILES string of the molecule is O=C(O)CN(CC(O)C(F)(F)F)C1CCCC1. The molecule has 1 aliphatic carbocycles. The zero-order valence-electron chi connectivity index (χ0n) is 9.28. The number of carboxylic acids is 1. The molecule has 1 fully saturated rings. The Kier molecular flexibility index (Phi) is 4.76. The van der Waals surface area contributed by atoms with E-state index in [0.29, 0.717) is 12.8 Å². The molecule has 0 aromatic heterocycles. The van der Waals surface area contributed by atoms with Crippen LogP contribution in [0, 0.1) is 0 Å². The zero-order chi connectivity index (χ0) is 13.1. The molecule has 100 valence electrons. The third-order valence-corrected chi connectivity index (χ3v) is 2.96. The Hall–Kier alpha value is -0.820. The summed E-state index contributed by atoms with van der Waals surface area (Å²) in [5, 5.41) is 17.6. The van der Waals surface area contributed by atoms with E-state index in [2.05, 4.69) is 0 Å². The molecule has 4 nitrogen and oxygen atoms in total. The number of halogens is 3. The smallest absolute Gasteiger partial charge is 0.415 e. The summed E-state index contributed by atoms with van der Waals surface area (Å²) in [5.41, 5.74) is 0. The molecular formula is C10H16F3NO3. The van der Waals surface area contributed by atoms with Gasteiger partial charge in [-0.1, -0.05) is 12.8 Å². The Morgan fingerprint density at radius 3 is 2.29 bits per heavy atom. The molecule has 7 heteroatoms. The van der Waals surface area contributed by atoms with Crippen molar-refractivity contribution in [2.75, 3.05) is 13.1 Å². The molecule has 1 aliphatic rings. The lowest BCUT2D eigenvalue weighted by Gasteiger charge is -2.29. The predicted molar refractivity (Wildman–Crippen MR) is 53.5 cm³/mol. The summed E-state index contributed by atoms with van der Waals surface area (Å²) >= 11 is 0. The lowest BCUT2D eigenvalue weighted by molar-refractivity contribution is -0.209. The van der Waals surface area contributed by atoms with Gasteiger partial charge in [-0.05, 0) is 12.8 Å². The number of carboxylic acid groups (broad SMARTS) is 1. The molecule has 0 heterocycles. The van der Waals surface area contributed by atoms with Gasteiger partial charge in [-0.25, -0.2) is 0 Å². The highest BCUT2D eigenvalue weighted by atomic mass is 19.4. The number of nitrogens with zero attached hydrogens (tertiary/aromatic N) is 1. The van der Waals surface area contributed by atoms with Gasteiger partial charge in [-0.15, -0.1) is 0 Å². The molecule has 0 saturated heterocycles. The Morgan fingerprint density at radius 1 is 1.35 bits per heavy atom. The summed E-state index contributed by atoms with van der Waals surface area (Å²) in [6.45, 7) is -1.13. The van der Waals surface area contributed by atoms with Crippen LogP contribution in [-0.4, -0.2) is 52.5 Å². The van der Waals surface area contributed by atoms with Gasteiger partial charge in [0.2, 0.25) is 0 Å². The fourth-order valence-electron chi connectivity index (χ4n) is 2.11. The number of carbonyl (C=O) groups is 1. The van der Waals surface area contributed by atoms with Crippen LogP contribution in [-0.2, 0) is 4.79 Å². The van der Waals surface area contributed by atoms with Crippen LogP contribution in [0.3, 0.4) is 0 Å². The molecule has 17 heavy (non-hydrogen) atoms. The standard InChI is InChI=1S/C10H16F3NO3/c11-10(12,13)8(15)5-14(6-9(16)17)7-3-1-2-4-7/h7-8,15H,1-6H2,(H,16,17). The number of aliphatic hydroxyl groups excluding tert-OH is 1. The van der Waals surface area contributed by atoms with Gasteiger partial charge in [0.25, 0.3) is 0 Å². The summed E-state index contributed by atoms with van der Waals surface area (Å²) in [6.07, 6.45) is -4.01. The minimum Gasteiger partial charge on any atom is -0.480 e. The Morgan fingerprint density at radius 2 is 1.88 bits per heavy atom. The number of hydrogen-bond acceptors (Lipinski definition) is 3. The topological polar surface area (TPSA) is 60.8 Å². The predicted octanol–water partition coefficient (Wildman–Crippen LogP) is 1.24. The maximum atomic E-state index is 12.2. The largest absolute Gasteiger partial charge is 0.480 e. The first kappa shape index (κ1) is 14.2. The van der Waals surface area contributed by atoms with Crippen LogP contribution < -0.4 is 0 Å². The van der Waals surface area contributed by atoms with Crippen LogP contribution in [0.15, 0.2) is 0 Å². The van der Waals surface area contributed by atoms with Crippen molar-refractivity contribution >= 4 is 5.97 Å². The van der Waals surface area contributed by atoms with Crippen LogP contribution in [0.5, 0.6) is 0 Å².